The van der Waals surface area contributed by atoms with Gasteiger partial charge < -0.3 is 4.98 Å². The maximum atomic E-state index is 13.0. The number of nitrogens with one attached hydrogen (secondary N) is 1. The molecule has 0 radical (unpaired) electrons. The zero-order chi connectivity index (χ0) is 18.1. The number of aryl methyl sites for hydroxylation is 1. The van der Waals surface area contributed by atoms with E-state index in [1.165, 1.54) is 35.2 Å². The minimum Gasteiger partial charge on any atom is -0.301 e. The number of halogens is 1. The Balaban J connectivity index is 1.69. The maximum Gasteiger partial charge on any atom is 0.260 e. The predicted octanol–water partition coefficient (Wildman–Crippen LogP) is 5.39. The number of hydrogen-bond acceptors (Lipinski definition) is 4. The predicted molar refractivity (Wildman–Crippen MR) is 106 cm³/mol. The number of thiophene rings is 1. The third-order valence-corrected chi connectivity index (χ3v) is 6.01. The molecule has 2 heterocycles. The molecule has 3 nitrogen and oxygen atoms in total. The van der Waals surface area contributed by atoms with Gasteiger partial charge in [0.1, 0.15) is 10.6 Å². The molecule has 0 spiro atoms. The average molecular weight is 382 g/mol. The Bertz CT molecular complexity index is 1120. The van der Waals surface area contributed by atoms with Gasteiger partial charge in [-0.1, -0.05) is 54.2 Å². The molecule has 0 aliphatic carbocycles. The summed E-state index contributed by atoms with van der Waals surface area (Å²) in [5.74, 6) is 0.360. The highest BCUT2D eigenvalue weighted by molar-refractivity contribution is 7.98. The number of thioether (sulfide) groups is 1. The molecular formula is C20H15FN2OS2. The third-order valence-electron chi connectivity index (χ3n) is 4.07. The van der Waals surface area contributed by atoms with Crippen molar-refractivity contribution in [3.63, 3.8) is 0 Å². The molecule has 0 aliphatic rings. The van der Waals surface area contributed by atoms with E-state index >= 15 is 0 Å². The van der Waals surface area contributed by atoms with E-state index in [-0.39, 0.29) is 11.4 Å². The topological polar surface area (TPSA) is 45.8 Å². The Kier molecular flexibility index (Phi) is 4.61. The summed E-state index contributed by atoms with van der Waals surface area (Å²) in [6.45, 7) is 2.01. The fourth-order valence-corrected chi connectivity index (χ4v) is 4.77. The van der Waals surface area contributed by atoms with E-state index < -0.39 is 0 Å². The van der Waals surface area contributed by atoms with Gasteiger partial charge in [0.15, 0.2) is 5.16 Å². The van der Waals surface area contributed by atoms with E-state index in [0.29, 0.717) is 16.3 Å². The molecular weight excluding hydrogens is 367 g/mol. The van der Waals surface area contributed by atoms with E-state index in [1.54, 1.807) is 12.1 Å². The second-order valence-corrected chi connectivity index (χ2v) is 8.03. The first-order chi connectivity index (χ1) is 12.6. The second kappa shape index (κ2) is 7.05. The molecule has 0 amide bonds. The van der Waals surface area contributed by atoms with Crippen LogP contribution in [0.4, 0.5) is 4.39 Å². The number of nitrogens with zero attached hydrogens (tertiary/aromatic N) is 1. The highest BCUT2D eigenvalue weighted by Gasteiger charge is 2.16. The van der Waals surface area contributed by atoms with Crippen molar-refractivity contribution in [2.45, 2.75) is 17.8 Å². The Morgan fingerprint density at radius 2 is 1.85 bits per heavy atom. The molecule has 26 heavy (non-hydrogen) atoms. The Morgan fingerprint density at radius 3 is 2.58 bits per heavy atom. The molecule has 0 saturated carbocycles. The molecule has 0 aliphatic heterocycles. The van der Waals surface area contributed by atoms with Crippen LogP contribution in [0.25, 0.3) is 21.3 Å². The van der Waals surface area contributed by atoms with Gasteiger partial charge in [-0.3, -0.25) is 4.79 Å². The standard InChI is InChI=1S/C20H15FN2OS2/c1-12-16(14-5-3-2-4-6-14)17-18(24)22-20(23-19(17)26-12)25-11-13-7-9-15(21)10-8-13/h2-10H,11H2,1H3,(H,22,23,24). The second-order valence-electron chi connectivity index (χ2n) is 5.87. The average Bonchev–Trinajstić information content (AvgIpc) is 2.98. The molecule has 2 aromatic carbocycles. The summed E-state index contributed by atoms with van der Waals surface area (Å²) >= 11 is 2.97. The van der Waals surface area contributed by atoms with Crippen LogP contribution in [0.3, 0.4) is 0 Å². The molecule has 130 valence electrons. The van der Waals surface area contributed by atoms with E-state index in [1.807, 2.05) is 37.3 Å². The molecule has 0 unspecified atom stereocenters. The number of H-pyrrole nitrogens is 1. The van der Waals surface area contributed by atoms with Gasteiger partial charge in [0, 0.05) is 16.2 Å². The van der Waals surface area contributed by atoms with Crippen LogP contribution in [-0.2, 0) is 5.75 Å². The van der Waals surface area contributed by atoms with Crippen molar-refractivity contribution in [2.75, 3.05) is 0 Å². The number of aromatic nitrogens is 2. The van der Waals surface area contributed by atoms with Crippen molar-refractivity contribution >= 4 is 33.3 Å². The fourth-order valence-electron chi connectivity index (χ4n) is 2.85. The molecule has 0 atom stereocenters. The van der Waals surface area contributed by atoms with Crippen LogP contribution < -0.4 is 5.56 Å². The van der Waals surface area contributed by atoms with Gasteiger partial charge in [-0.05, 0) is 30.2 Å². The lowest BCUT2D eigenvalue weighted by Crippen LogP contribution is -2.08. The van der Waals surface area contributed by atoms with Crippen LogP contribution in [-0.4, -0.2) is 9.97 Å². The van der Waals surface area contributed by atoms with Crippen LogP contribution in [0.15, 0.2) is 64.5 Å². The Hall–Kier alpha value is -2.44. The summed E-state index contributed by atoms with van der Waals surface area (Å²) in [4.78, 5) is 22.0. The third kappa shape index (κ3) is 3.30. The number of fused-ring (bicyclic) bond motifs is 1. The monoisotopic (exact) mass is 382 g/mol. The van der Waals surface area contributed by atoms with E-state index in [9.17, 15) is 9.18 Å². The van der Waals surface area contributed by atoms with Crippen molar-refractivity contribution in [3.05, 3.63) is 81.2 Å². The van der Waals surface area contributed by atoms with Crippen LogP contribution in [0, 0.1) is 12.7 Å². The van der Waals surface area contributed by atoms with Gasteiger partial charge in [-0.15, -0.1) is 11.3 Å². The summed E-state index contributed by atoms with van der Waals surface area (Å²) in [5.41, 5.74) is 2.83. The van der Waals surface area contributed by atoms with Crippen molar-refractivity contribution < 1.29 is 4.39 Å². The van der Waals surface area contributed by atoms with Crippen molar-refractivity contribution in [2.24, 2.45) is 0 Å². The SMILES string of the molecule is Cc1sc2nc(SCc3ccc(F)cc3)[nH]c(=O)c2c1-c1ccccc1. The zero-order valence-electron chi connectivity index (χ0n) is 14.0. The molecule has 6 heteroatoms. The lowest BCUT2D eigenvalue weighted by Gasteiger charge is -2.03. The first-order valence-electron chi connectivity index (χ1n) is 8.08. The largest absolute Gasteiger partial charge is 0.301 e. The number of aromatic amines is 1. The summed E-state index contributed by atoms with van der Waals surface area (Å²) in [6, 6.07) is 16.2. The van der Waals surface area contributed by atoms with Crippen LogP contribution >= 0.6 is 23.1 Å². The number of rotatable bonds is 4. The van der Waals surface area contributed by atoms with Crippen molar-refractivity contribution in [3.8, 4) is 11.1 Å². The van der Waals surface area contributed by atoms with Gasteiger partial charge in [-0.25, -0.2) is 9.37 Å². The Morgan fingerprint density at radius 1 is 1.12 bits per heavy atom. The Labute approximate surface area is 157 Å². The lowest BCUT2D eigenvalue weighted by atomic mass is 10.0. The molecule has 0 fully saturated rings. The number of hydrogen-bond donors (Lipinski definition) is 1. The van der Waals surface area contributed by atoms with Gasteiger partial charge in [0.25, 0.3) is 5.56 Å². The highest BCUT2D eigenvalue weighted by atomic mass is 32.2. The molecule has 1 N–H and O–H groups in total. The smallest absolute Gasteiger partial charge is 0.260 e. The first kappa shape index (κ1) is 17.0. The van der Waals surface area contributed by atoms with Gasteiger partial charge >= 0.3 is 0 Å². The van der Waals surface area contributed by atoms with Crippen LogP contribution in [0.1, 0.15) is 10.4 Å². The highest BCUT2D eigenvalue weighted by Crippen LogP contribution is 2.36. The van der Waals surface area contributed by atoms with Crippen molar-refractivity contribution in [1.29, 1.82) is 0 Å². The summed E-state index contributed by atoms with van der Waals surface area (Å²) in [6.07, 6.45) is 0. The quantitative estimate of drug-likeness (QED) is 0.380. The van der Waals surface area contributed by atoms with Gasteiger partial charge in [-0.2, -0.15) is 0 Å². The molecule has 2 aromatic heterocycles. The number of benzene rings is 2. The molecule has 4 aromatic rings. The van der Waals surface area contributed by atoms with E-state index in [2.05, 4.69) is 9.97 Å². The summed E-state index contributed by atoms with van der Waals surface area (Å²) < 4.78 is 13.0. The van der Waals surface area contributed by atoms with Crippen molar-refractivity contribution in [1.82, 2.24) is 9.97 Å². The normalized spacial score (nSPS) is 11.2. The molecule has 4 rings (SSSR count). The van der Waals surface area contributed by atoms with E-state index in [4.69, 9.17) is 0 Å². The van der Waals surface area contributed by atoms with E-state index in [0.717, 1.165) is 26.4 Å². The van der Waals surface area contributed by atoms with Crippen LogP contribution in [0.2, 0.25) is 0 Å². The first-order valence-corrected chi connectivity index (χ1v) is 9.88. The van der Waals surface area contributed by atoms with Crippen LogP contribution in [0.5, 0.6) is 0 Å². The molecule has 0 saturated heterocycles. The maximum absolute atomic E-state index is 13.0. The minimum atomic E-state index is -0.255. The van der Waals surface area contributed by atoms with Gasteiger partial charge in [0.2, 0.25) is 0 Å². The minimum absolute atomic E-state index is 0.125. The molecule has 0 bridgehead atoms. The fraction of sp³-hybridized carbons (Fsp3) is 0.100. The lowest BCUT2D eigenvalue weighted by molar-refractivity contribution is 0.627. The summed E-state index contributed by atoms with van der Waals surface area (Å²) in [7, 11) is 0. The summed E-state index contributed by atoms with van der Waals surface area (Å²) in [5, 5.41) is 1.22. The van der Waals surface area contributed by atoms with Gasteiger partial charge in [0.05, 0.1) is 5.39 Å². The zero-order valence-corrected chi connectivity index (χ0v) is 15.6.